The van der Waals surface area contributed by atoms with Gasteiger partial charge in [-0.2, -0.15) is 4.31 Å². The predicted molar refractivity (Wildman–Crippen MR) is 107 cm³/mol. The van der Waals surface area contributed by atoms with E-state index in [1.807, 2.05) is 0 Å². The lowest BCUT2D eigenvalue weighted by Gasteiger charge is -2.20. The minimum Gasteiger partial charge on any atom is -0.376 e. The van der Waals surface area contributed by atoms with Crippen molar-refractivity contribution in [1.29, 1.82) is 0 Å². The van der Waals surface area contributed by atoms with Gasteiger partial charge in [0.1, 0.15) is 11.6 Å². The molecule has 1 amide bonds. The molecule has 9 heteroatoms. The molecule has 0 unspecified atom stereocenters. The van der Waals surface area contributed by atoms with Gasteiger partial charge < -0.3 is 10.6 Å². The number of carbonyl (C=O) groups is 1. The number of nitrogens with one attached hydrogen (secondary N) is 2. The molecule has 1 fully saturated rings. The quantitative estimate of drug-likeness (QED) is 0.745. The number of halogens is 2. The number of rotatable bonds is 6. The highest BCUT2D eigenvalue weighted by molar-refractivity contribution is 7.89. The maximum atomic E-state index is 13.6. The Morgan fingerprint density at radius 1 is 0.966 bits per heavy atom. The maximum Gasteiger partial charge on any atom is 0.243 e. The third-order valence-corrected chi connectivity index (χ3v) is 6.63. The minimum atomic E-state index is -3.53. The van der Waals surface area contributed by atoms with E-state index in [4.69, 9.17) is 0 Å². The van der Waals surface area contributed by atoms with Crippen LogP contribution < -0.4 is 10.6 Å². The molecule has 0 spiro atoms. The molecule has 1 saturated heterocycles. The number of hydrogen-bond donors (Lipinski definition) is 2. The summed E-state index contributed by atoms with van der Waals surface area (Å²) in [5.74, 6) is -2.10. The fourth-order valence-electron chi connectivity index (χ4n) is 3.14. The van der Waals surface area contributed by atoms with Crippen molar-refractivity contribution in [1.82, 2.24) is 4.31 Å². The van der Waals surface area contributed by atoms with Gasteiger partial charge in [-0.3, -0.25) is 4.79 Å². The molecule has 2 N–H and O–H groups in total. The van der Waals surface area contributed by atoms with Crippen LogP contribution >= 0.6 is 0 Å². The molecule has 3 rings (SSSR count). The van der Waals surface area contributed by atoms with Crippen LogP contribution in [0.25, 0.3) is 0 Å². The molecule has 1 heterocycles. The summed E-state index contributed by atoms with van der Waals surface area (Å²) >= 11 is 0. The van der Waals surface area contributed by atoms with E-state index in [0.717, 1.165) is 37.8 Å². The highest BCUT2D eigenvalue weighted by Gasteiger charge is 2.24. The monoisotopic (exact) mass is 423 g/mol. The molecular formula is C20H23F2N3O3S. The lowest BCUT2D eigenvalue weighted by molar-refractivity contribution is -0.114. The van der Waals surface area contributed by atoms with Gasteiger partial charge in [-0.05, 0) is 49.2 Å². The molecule has 156 valence electrons. The van der Waals surface area contributed by atoms with Crippen LogP contribution in [-0.4, -0.2) is 38.3 Å². The van der Waals surface area contributed by atoms with Gasteiger partial charge in [0.15, 0.2) is 0 Å². The van der Waals surface area contributed by atoms with Gasteiger partial charge in [0, 0.05) is 24.8 Å². The van der Waals surface area contributed by atoms with Crippen molar-refractivity contribution >= 4 is 27.3 Å². The number of amides is 1. The van der Waals surface area contributed by atoms with E-state index in [2.05, 4.69) is 10.6 Å². The lowest BCUT2D eigenvalue weighted by Crippen LogP contribution is -2.31. The van der Waals surface area contributed by atoms with Crippen LogP contribution in [0.1, 0.15) is 25.7 Å². The summed E-state index contributed by atoms with van der Waals surface area (Å²) in [6.07, 6.45) is 3.81. The Hall–Kier alpha value is -2.52. The van der Waals surface area contributed by atoms with Crippen molar-refractivity contribution in [3.63, 3.8) is 0 Å². The fraction of sp³-hybridized carbons (Fsp3) is 0.350. The molecule has 0 saturated carbocycles. The molecular weight excluding hydrogens is 400 g/mol. The largest absolute Gasteiger partial charge is 0.376 e. The summed E-state index contributed by atoms with van der Waals surface area (Å²) in [6.45, 7) is 0.903. The highest BCUT2D eigenvalue weighted by Crippen LogP contribution is 2.22. The summed E-state index contributed by atoms with van der Waals surface area (Å²) in [6, 6.07) is 9.04. The van der Waals surface area contributed by atoms with Gasteiger partial charge in [0.2, 0.25) is 15.9 Å². The SMILES string of the molecule is O=C(CNc1ccc(S(=O)(=O)N2CCCCCC2)cc1)Nc1ccc(F)cc1F. The van der Waals surface area contributed by atoms with Gasteiger partial charge >= 0.3 is 0 Å². The van der Waals surface area contributed by atoms with E-state index in [1.165, 1.54) is 16.4 Å². The molecule has 0 bridgehead atoms. The van der Waals surface area contributed by atoms with Crippen LogP contribution in [0.2, 0.25) is 0 Å². The van der Waals surface area contributed by atoms with E-state index in [0.29, 0.717) is 24.8 Å². The number of nitrogens with zero attached hydrogens (tertiary/aromatic N) is 1. The van der Waals surface area contributed by atoms with E-state index in [1.54, 1.807) is 12.1 Å². The Morgan fingerprint density at radius 3 is 2.24 bits per heavy atom. The number of sulfonamides is 1. The van der Waals surface area contributed by atoms with Crippen LogP contribution in [0, 0.1) is 11.6 Å². The van der Waals surface area contributed by atoms with E-state index in [-0.39, 0.29) is 17.1 Å². The number of anilines is 2. The Labute approximate surface area is 169 Å². The molecule has 0 aliphatic carbocycles. The second kappa shape index (κ2) is 9.32. The third-order valence-electron chi connectivity index (χ3n) is 4.72. The summed E-state index contributed by atoms with van der Waals surface area (Å²) in [7, 11) is -3.53. The van der Waals surface area contributed by atoms with Crippen LogP contribution in [0.3, 0.4) is 0 Å². The zero-order chi connectivity index (χ0) is 20.9. The normalized spacial score (nSPS) is 15.5. The molecule has 1 aliphatic heterocycles. The van der Waals surface area contributed by atoms with Gasteiger partial charge in [0.05, 0.1) is 17.1 Å². The van der Waals surface area contributed by atoms with E-state index < -0.39 is 27.6 Å². The van der Waals surface area contributed by atoms with Crippen LogP contribution in [0.4, 0.5) is 20.2 Å². The second-order valence-corrected chi connectivity index (χ2v) is 8.81. The predicted octanol–water partition coefficient (Wildman–Crippen LogP) is 3.58. The van der Waals surface area contributed by atoms with Crippen molar-refractivity contribution < 1.29 is 22.0 Å². The molecule has 0 atom stereocenters. The van der Waals surface area contributed by atoms with Crippen molar-refractivity contribution in [2.75, 3.05) is 30.3 Å². The zero-order valence-electron chi connectivity index (χ0n) is 15.8. The fourth-order valence-corrected chi connectivity index (χ4v) is 4.66. The van der Waals surface area contributed by atoms with Gasteiger partial charge in [0.25, 0.3) is 0 Å². The molecule has 0 radical (unpaired) electrons. The standard InChI is InChI=1S/C20H23F2N3O3S/c21-15-5-10-19(18(22)13-15)24-20(26)14-23-16-6-8-17(9-7-16)29(27,28)25-11-3-1-2-4-12-25/h5-10,13,23H,1-4,11-12,14H2,(H,24,26). The first-order valence-corrected chi connectivity index (χ1v) is 10.9. The smallest absolute Gasteiger partial charge is 0.243 e. The summed E-state index contributed by atoms with van der Waals surface area (Å²) in [5, 5.41) is 5.19. The molecule has 2 aromatic carbocycles. The maximum absolute atomic E-state index is 13.6. The Kier molecular flexibility index (Phi) is 6.81. The number of carbonyl (C=O) groups excluding carboxylic acids is 1. The molecule has 1 aliphatic rings. The first-order chi connectivity index (χ1) is 13.9. The average molecular weight is 423 g/mol. The van der Waals surface area contributed by atoms with E-state index >= 15 is 0 Å². The summed E-state index contributed by atoms with van der Waals surface area (Å²) < 4.78 is 53.5. The van der Waals surface area contributed by atoms with Crippen LogP contribution in [0.5, 0.6) is 0 Å². The highest BCUT2D eigenvalue weighted by atomic mass is 32.2. The summed E-state index contributed by atoms with van der Waals surface area (Å²) in [5.41, 5.74) is 0.437. The molecule has 2 aromatic rings. The molecule has 0 aromatic heterocycles. The second-order valence-electron chi connectivity index (χ2n) is 6.87. The van der Waals surface area contributed by atoms with Gasteiger partial charge in [-0.1, -0.05) is 12.8 Å². The van der Waals surface area contributed by atoms with Crippen LogP contribution in [0.15, 0.2) is 47.4 Å². The number of benzene rings is 2. The first kappa shape index (κ1) is 21.2. The van der Waals surface area contributed by atoms with Crippen molar-refractivity contribution in [2.24, 2.45) is 0 Å². The minimum absolute atomic E-state index is 0.114. The first-order valence-electron chi connectivity index (χ1n) is 9.45. The Balaban J connectivity index is 1.58. The zero-order valence-corrected chi connectivity index (χ0v) is 16.6. The van der Waals surface area contributed by atoms with Crippen LogP contribution in [-0.2, 0) is 14.8 Å². The summed E-state index contributed by atoms with van der Waals surface area (Å²) in [4.78, 5) is 12.2. The Morgan fingerprint density at radius 2 is 1.62 bits per heavy atom. The van der Waals surface area contributed by atoms with Gasteiger partial charge in [-0.25, -0.2) is 17.2 Å². The average Bonchev–Trinajstić information content (AvgIpc) is 2.99. The molecule has 29 heavy (non-hydrogen) atoms. The van der Waals surface area contributed by atoms with Crippen molar-refractivity contribution in [3.05, 3.63) is 54.1 Å². The molecule has 6 nitrogen and oxygen atoms in total. The lowest BCUT2D eigenvalue weighted by atomic mass is 10.2. The third kappa shape index (κ3) is 5.51. The van der Waals surface area contributed by atoms with Crippen molar-refractivity contribution in [3.8, 4) is 0 Å². The number of hydrogen-bond acceptors (Lipinski definition) is 4. The topological polar surface area (TPSA) is 78.5 Å². The van der Waals surface area contributed by atoms with Gasteiger partial charge in [-0.15, -0.1) is 0 Å². The van der Waals surface area contributed by atoms with Crippen molar-refractivity contribution in [2.45, 2.75) is 30.6 Å². The Bertz CT molecular complexity index is 957. The van der Waals surface area contributed by atoms with E-state index in [9.17, 15) is 22.0 Å².